The number of thiophene rings is 1. The Balaban J connectivity index is 2.07. The molecular weight excluding hydrogens is 398 g/mol. The highest BCUT2D eigenvalue weighted by Gasteiger charge is 2.16. The van der Waals surface area contributed by atoms with Gasteiger partial charge in [0.05, 0.1) is 6.04 Å². The summed E-state index contributed by atoms with van der Waals surface area (Å²) in [6, 6.07) is 14.7. The van der Waals surface area contributed by atoms with Crippen molar-refractivity contribution in [1.29, 1.82) is 0 Å². The maximum absolute atomic E-state index is 6.46. The topological polar surface area (TPSA) is 26.0 Å². The van der Waals surface area contributed by atoms with Gasteiger partial charge in [-0.2, -0.15) is 0 Å². The summed E-state index contributed by atoms with van der Waals surface area (Å²) in [6.07, 6.45) is 0. The molecule has 0 saturated heterocycles. The standard InChI is InChI=1S/C16H13Br2NS/c1-9-6-13(18)11(8-12(9)17)16(19)15-7-10-4-2-3-5-14(10)20-15/h2-8,16H,19H2,1H3. The highest BCUT2D eigenvalue weighted by Crippen LogP contribution is 2.36. The van der Waals surface area contributed by atoms with Gasteiger partial charge in [-0.05, 0) is 47.7 Å². The van der Waals surface area contributed by atoms with Crippen LogP contribution in [0.5, 0.6) is 0 Å². The molecule has 1 heterocycles. The van der Waals surface area contributed by atoms with Gasteiger partial charge in [0.15, 0.2) is 0 Å². The van der Waals surface area contributed by atoms with Crippen LogP contribution in [-0.4, -0.2) is 0 Å². The molecule has 1 nitrogen and oxygen atoms in total. The van der Waals surface area contributed by atoms with E-state index in [1.54, 1.807) is 11.3 Å². The van der Waals surface area contributed by atoms with Crippen LogP contribution >= 0.6 is 43.2 Å². The number of nitrogens with two attached hydrogens (primary N) is 1. The van der Waals surface area contributed by atoms with Gasteiger partial charge in [-0.25, -0.2) is 0 Å². The Morgan fingerprint density at radius 3 is 2.55 bits per heavy atom. The fraction of sp³-hybridized carbons (Fsp3) is 0.125. The van der Waals surface area contributed by atoms with E-state index in [4.69, 9.17) is 5.73 Å². The van der Waals surface area contributed by atoms with Crippen LogP contribution in [-0.2, 0) is 0 Å². The van der Waals surface area contributed by atoms with Crippen molar-refractivity contribution in [2.75, 3.05) is 0 Å². The van der Waals surface area contributed by atoms with Crippen LogP contribution in [0.15, 0.2) is 51.4 Å². The Labute approximate surface area is 139 Å². The Morgan fingerprint density at radius 1 is 1.05 bits per heavy atom. The molecule has 0 aliphatic carbocycles. The van der Waals surface area contributed by atoms with E-state index in [1.807, 2.05) is 0 Å². The maximum Gasteiger partial charge on any atom is 0.0657 e. The van der Waals surface area contributed by atoms with Crippen molar-refractivity contribution in [2.45, 2.75) is 13.0 Å². The molecular formula is C16H13Br2NS. The number of halogens is 2. The van der Waals surface area contributed by atoms with Gasteiger partial charge in [0.2, 0.25) is 0 Å². The van der Waals surface area contributed by atoms with Gasteiger partial charge in [0, 0.05) is 18.5 Å². The monoisotopic (exact) mass is 409 g/mol. The second kappa shape index (κ2) is 5.60. The number of benzene rings is 2. The zero-order chi connectivity index (χ0) is 14.3. The third-order valence-electron chi connectivity index (χ3n) is 3.36. The Bertz CT molecular complexity index is 746. The molecule has 1 aromatic heterocycles. The summed E-state index contributed by atoms with van der Waals surface area (Å²) in [6.45, 7) is 2.07. The molecule has 0 fully saturated rings. The number of aryl methyl sites for hydroxylation is 1. The molecule has 0 spiro atoms. The van der Waals surface area contributed by atoms with E-state index in [2.05, 4.69) is 81.2 Å². The third-order valence-corrected chi connectivity index (χ3v) is 6.10. The van der Waals surface area contributed by atoms with E-state index < -0.39 is 0 Å². The molecule has 0 aliphatic heterocycles. The first kappa shape index (κ1) is 14.3. The van der Waals surface area contributed by atoms with Crippen LogP contribution in [0.4, 0.5) is 0 Å². The van der Waals surface area contributed by atoms with Crippen molar-refractivity contribution >= 4 is 53.3 Å². The number of hydrogen-bond donors (Lipinski definition) is 1. The summed E-state index contributed by atoms with van der Waals surface area (Å²) in [5.41, 5.74) is 8.76. The summed E-state index contributed by atoms with van der Waals surface area (Å²) >= 11 is 8.97. The highest BCUT2D eigenvalue weighted by atomic mass is 79.9. The van der Waals surface area contributed by atoms with Gasteiger partial charge in [-0.1, -0.05) is 50.1 Å². The molecule has 0 bridgehead atoms. The largest absolute Gasteiger partial charge is 0.320 e. The second-order valence-electron chi connectivity index (χ2n) is 4.79. The molecule has 20 heavy (non-hydrogen) atoms. The van der Waals surface area contributed by atoms with Gasteiger partial charge >= 0.3 is 0 Å². The fourth-order valence-electron chi connectivity index (χ4n) is 2.21. The number of fused-ring (bicyclic) bond motifs is 1. The molecule has 0 saturated carbocycles. The lowest BCUT2D eigenvalue weighted by atomic mass is 10.0. The smallest absolute Gasteiger partial charge is 0.0657 e. The number of hydrogen-bond acceptors (Lipinski definition) is 2. The minimum atomic E-state index is -0.112. The maximum atomic E-state index is 6.46. The van der Waals surface area contributed by atoms with Crippen LogP contribution in [0.25, 0.3) is 10.1 Å². The van der Waals surface area contributed by atoms with E-state index in [1.165, 1.54) is 20.5 Å². The van der Waals surface area contributed by atoms with Crippen molar-refractivity contribution in [3.63, 3.8) is 0 Å². The van der Waals surface area contributed by atoms with E-state index in [0.717, 1.165) is 14.5 Å². The molecule has 4 heteroatoms. The normalized spacial score (nSPS) is 12.8. The van der Waals surface area contributed by atoms with Crippen LogP contribution in [0.1, 0.15) is 22.0 Å². The first-order valence-electron chi connectivity index (χ1n) is 6.26. The zero-order valence-electron chi connectivity index (χ0n) is 10.9. The minimum Gasteiger partial charge on any atom is -0.320 e. The Morgan fingerprint density at radius 2 is 1.80 bits per heavy atom. The first-order chi connectivity index (χ1) is 9.56. The molecule has 0 amide bonds. The minimum absolute atomic E-state index is 0.112. The van der Waals surface area contributed by atoms with Gasteiger partial charge < -0.3 is 5.73 Å². The van der Waals surface area contributed by atoms with E-state index in [-0.39, 0.29) is 6.04 Å². The molecule has 102 valence electrons. The molecule has 3 rings (SSSR count). The second-order valence-corrected chi connectivity index (χ2v) is 7.61. The lowest BCUT2D eigenvalue weighted by molar-refractivity contribution is 0.886. The first-order valence-corrected chi connectivity index (χ1v) is 8.66. The lowest BCUT2D eigenvalue weighted by Gasteiger charge is -2.14. The van der Waals surface area contributed by atoms with Gasteiger partial charge in [0.25, 0.3) is 0 Å². The average Bonchev–Trinajstić information content (AvgIpc) is 2.86. The van der Waals surface area contributed by atoms with E-state index >= 15 is 0 Å². The predicted octanol–water partition coefficient (Wildman–Crippen LogP) is 5.78. The molecule has 2 aromatic carbocycles. The summed E-state index contributed by atoms with van der Waals surface area (Å²) < 4.78 is 3.43. The molecule has 2 N–H and O–H groups in total. The molecule has 1 atom stereocenters. The summed E-state index contributed by atoms with van der Waals surface area (Å²) in [5, 5.41) is 1.25. The average molecular weight is 411 g/mol. The van der Waals surface area contributed by atoms with Crippen molar-refractivity contribution in [2.24, 2.45) is 5.73 Å². The SMILES string of the molecule is Cc1cc(Br)c(C(N)c2cc3ccccc3s2)cc1Br. The van der Waals surface area contributed by atoms with E-state index in [0.29, 0.717) is 0 Å². The van der Waals surface area contributed by atoms with Crippen LogP contribution in [0.3, 0.4) is 0 Å². The fourth-order valence-corrected chi connectivity index (χ4v) is 4.36. The van der Waals surface area contributed by atoms with Crippen LogP contribution in [0, 0.1) is 6.92 Å². The van der Waals surface area contributed by atoms with Crippen molar-refractivity contribution in [3.8, 4) is 0 Å². The quantitative estimate of drug-likeness (QED) is 0.568. The molecule has 0 radical (unpaired) electrons. The van der Waals surface area contributed by atoms with Gasteiger partial charge in [0.1, 0.15) is 0 Å². The van der Waals surface area contributed by atoms with Crippen LogP contribution < -0.4 is 5.73 Å². The lowest BCUT2D eigenvalue weighted by Crippen LogP contribution is -2.11. The van der Waals surface area contributed by atoms with Crippen molar-refractivity contribution in [3.05, 3.63) is 67.4 Å². The van der Waals surface area contributed by atoms with Gasteiger partial charge in [-0.15, -0.1) is 11.3 Å². The summed E-state index contributed by atoms with van der Waals surface area (Å²) in [5.74, 6) is 0. The predicted molar refractivity (Wildman–Crippen MR) is 94.4 cm³/mol. The summed E-state index contributed by atoms with van der Waals surface area (Å²) in [7, 11) is 0. The zero-order valence-corrected chi connectivity index (χ0v) is 14.8. The van der Waals surface area contributed by atoms with Crippen molar-refractivity contribution in [1.82, 2.24) is 0 Å². The third kappa shape index (κ3) is 2.58. The van der Waals surface area contributed by atoms with E-state index in [9.17, 15) is 0 Å². The Hall–Kier alpha value is -0.680. The molecule has 3 aromatic rings. The summed E-state index contributed by atoms with van der Waals surface area (Å²) in [4.78, 5) is 1.18. The number of rotatable bonds is 2. The molecule has 0 aliphatic rings. The molecule has 1 unspecified atom stereocenters. The van der Waals surface area contributed by atoms with Crippen molar-refractivity contribution < 1.29 is 0 Å². The van der Waals surface area contributed by atoms with Crippen LogP contribution in [0.2, 0.25) is 0 Å². The Kier molecular flexibility index (Phi) is 4.00. The van der Waals surface area contributed by atoms with Gasteiger partial charge in [-0.3, -0.25) is 0 Å². The highest BCUT2D eigenvalue weighted by molar-refractivity contribution is 9.11.